The molecule has 0 spiro atoms. The average molecular weight is 602 g/mol. The number of nitrogens with zero attached hydrogens (tertiary/aromatic N) is 2. The van der Waals surface area contributed by atoms with Gasteiger partial charge in [0, 0.05) is 17.6 Å². The van der Waals surface area contributed by atoms with Crippen molar-refractivity contribution in [2.75, 3.05) is 25.1 Å². The van der Waals surface area contributed by atoms with Gasteiger partial charge < -0.3 is 19.7 Å². The molecule has 0 aliphatic rings. The number of hydrogen-bond donors (Lipinski definition) is 1. The number of hydrogen-bond acceptors (Lipinski definition) is 6. The van der Waals surface area contributed by atoms with Crippen LogP contribution in [0.25, 0.3) is 0 Å². The molecule has 3 rings (SSSR count). The van der Waals surface area contributed by atoms with Gasteiger partial charge in [0.15, 0.2) is 0 Å². The fourth-order valence-electron chi connectivity index (χ4n) is 4.05. The topological polar surface area (TPSA) is 105 Å². The molecule has 1 N–H and O–H groups in total. The van der Waals surface area contributed by atoms with Crippen LogP contribution in [0.15, 0.2) is 77.7 Å². The number of carbonyl (C=O) groups is 2. The molecule has 9 nitrogen and oxygen atoms in total. The summed E-state index contributed by atoms with van der Waals surface area (Å²) in [6.45, 7) is 4.93. The number of carbonyl (C=O) groups excluding carboxylic acids is 2. The molecule has 0 bridgehead atoms. The van der Waals surface area contributed by atoms with Crippen molar-refractivity contribution in [1.82, 2.24) is 10.2 Å². The van der Waals surface area contributed by atoms with Gasteiger partial charge in [-0.25, -0.2) is 8.42 Å². The van der Waals surface area contributed by atoms with Gasteiger partial charge >= 0.3 is 0 Å². The summed E-state index contributed by atoms with van der Waals surface area (Å²) in [7, 11) is -1.20. The lowest BCUT2D eigenvalue weighted by Gasteiger charge is -2.32. The zero-order valence-corrected chi connectivity index (χ0v) is 25.4. The molecule has 220 valence electrons. The van der Waals surface area contributed by atoms with E-state index in [1.54, 1.807) is 43.3 Å². The predicted molar refractivity (Wildman–Crippen MR) is 160 cm³/mol. The third-order valence-corrected chi connectivity index (χ3v) is 8.70. The largest absolute Gasteiger partial charge is 0.497 e. The Hall–Kier alpha value is -3.76. The SMILES string of the molecule is CC[C@H](C)NC(=O)[C@@H](C)N(Cc1cccc(OC)c1)C(=O)CN(c1cccc(Cl)c1)S(=O)(=O)c1ccc(OC)cc1. The number of halogens is 1. The number of sulfonamides is 1. The van der Waals surface area contributed by atoms with Crippen LogP contribution in [-0.4, -0.2) is 58.0 Å². The van der Waals surface area contributed by atoms with Crippen molar-refractivity contribution in [3.05, 3.63) is 83.4 Å². The second-order valence-electron chi connectivity index (χ2n) is 9.53. The second kappa shape index (κ2) is 14.2. The van der Waals surface area contributed by atoms with Crippen molar-refractivity contribution in [2.24, 2.45) is 0 Å². The van der Waals surface area contributed by atoms with E-state index in [1.165, 1.54) is 49.5 Å². The van der Waals surface area contributed by atoms with Gasteiger partial charge in [0.25, 0.3) is 10.0 Å². The standard InChI is InChI=1S/C30H36ClN3O6S/c1-6-21(2)32-30(36)22(3)33(19-23-9-7-12-27(17-23)40-5)29(35)20-34(25-11-8-10-24(31)18-25)41(37,38)28-15-13-26(39-4)14-16-28/h7-18,21-22H,6,19-20H2,1-5H3,(H,32,36)/t21-,22+/m0/s1. The summed E-state index contributed by atoms with van der Waals surface area (Å²) in [5, 5.41) is 3.22. The van der Waals surface area contributed by atoms with E-state index >= 15 is 0 Å². The molecule has 0 saturated heterocycles. The summed E-state index contributed by atoms with van der Waals surface area (Å²) in [5.74, 6) is 0.161. The first kappa shape index (κ1) is 31.8. The third-order valence-electron chi connectivity index (χ3n) is 6.68. The monoisotopic (exact) mass is 601 g/mol. The molecule has 3 aromatic carbocycles. The molecule has 0 aliphatic heterocycles. The molecule has 2 amide bonds. The van der Waals surface area contributed by atoms with Gasteiger partial charge in [0.05, 0.1) is 24.8 Å². The molecular formula is C30H36ClN3O6S. The average Bonchev–Trinajstić information content (AvgIpc) is 2.98. The van der Waals surface area contributed by atoms with E-state index in [0.717, 1.165) is 4.31 Å². The maximum atomic E-state index is 14.0. The number of anilines is 1. The Bertz CT molecular complexity index is 1450. The molecule has 2 atom stereocenters. The van der Waals surface area contributed by atoms with Crippen molar-refractivity contribution in [3.8, 4) is 11.5 Å². The highest BCUT2D eigenvalue weighted by Gasteiger charge is 2.33. The van der Waals surface area contributed by atoms with Gasteiger partial charge in [-0.2, -0.15) is 0 Å². The van der Waals surface area contributed by atoms with Gasteiger partial charge in [0.2, 0.25) is 11.8 Å². The van der Waals surface area contributed by atoms with Gasteiger partial charge in [-0.15, -0.1) is 0 Å². The van der Waals surface area contributed by atoms with Crippen LogP contribution < -0.4 is 19.1 Å². The Kier molecular flexibility index (Phi) is 11.0. The van der Waals surface area contributed by atoms with Crippen LogP contribution in [-0.2, 0) is 26.2 Å². The van der Waals surface area contributed by atoms with Gasteiger partial charge in [-0.3, -0.25) is 13.9 Å². The molecule has 3 aromatic rings. The van der Waals surface area contributed by atoms with Crippen molar-refractivity contribution < 1.29 is 27.5 Å². The Morgan fingerprint density at radius 2 is 1.59 bits per heavy atom. The molecule has 0 unspecified atom stereocenters. The van der Waals surface area contributed by atoms with Crippen LogP contribution in [0.1, 0.15) is 32.8 Å². The molecule has 41 heavy (non-hydrogen) atoms. The summed E-state index contributed by atoms with van der Waals surface area (Å²) >= 11 is 6.22. The van der Waals surface area contributed by atoms with Gasteiger partial charge in [-0.1, -0.05) is 36.7 Å². The van der Waals surface area contributed by atoms with Crippen LogP contribution in [0.2, 0.25) is 5.02 Å². The fraction of sp³-hybridized carbons (Fsp3) is 0.333. The first-order valence-electron chi connectivity index (χ1n) is 13.1. The lowest BCUT2D eigenvalue weighted by atomic mass is 10.1. The van der Waals surface area contributed by atoms with E-state index < -0.39 is 28.5 Å². The molecule has 0 radical (unpaired) electrons. The quantitative estimate of drug-likeness (QED) is 0.299. The summed E-state index contributed by atoms with van der Waals surface area (Å²) in [5.41, 5.74) is 0.924. The lowest BCUT2D eigenvalue weighted by molar-refractivity contribution is -0.139. The Balaban J connectivity index is 2.04. The summed E-state index contributed by atoms with van der Waals surface area (Å²) in [6.07, 6.45) is 0.713. The minimum absolute atomic E-state index is 0.0343. The minimum Gasteiger partial charge on any atom is -0.497 e. The van der Waals surface area contributed by atoms with Gasteiger partial charge in [-0.05, 0) is 80.4 Å². The first-order valence-corrected chi connectivity index (χ1v) is 15.0. The molecule has 0 fully saturated rings. The van der Waals surface area contributed by atoms with Crippen molar-refractivity contribution in [2.45, 2.75) is 50.7 Å². The van der Waals surface area contributed by atoms with E-state index in [-0.39, 0.29) is 29.1 Å². The van der Waals surface area contributed by atoms with Crippen molar-refractivity contribution in [1.29, 1.82) is 0 Å². The fourth-order valence-corrected chi connectivity index (χ4v) is 5.64. The summed E-state index contributed by atoms with van der Waals surface area (Å²) < 4.78 is 39.3. The van der Waals surface area contributed by atoms with Gasteiger partial charge in [0.1, 0.15) is 24.1 Å². The number of methoxy groups -OCH3 is 2. The maximum Gasteiger partial charge on any atom is 0.264 e. The number of amides is 2. The van der Waals surface area contributed by atoms with Crippen LogP contribution in [0, 0.1) is 0 Å². The molecule has 0 aromatic heterocycles. The third kappa shape index (κ3) is 8.14. The molecule has 0 saturated carbocycles. The van der Waals surface area contributed by atoms with Crippen LogP contribution in [0.4, 0.5) is 5.69 Å². The zero-order chi connectivity index (χ0) is 30.2. The van der Waals surface area contributed by atoms with Crippen LogP contribution >= 0.6 is 11.6 Å². The van der Waals surface area contributed by atoms with Crippen LogP contribution in [0.5, 0.6) is 11.5 Å². The van der Waals surface area contributed by atoms with E-state index in [4.69, 9.17) is 21.1 Å². The molecule has 0 aliphatic carbocycles. The second-order valence-corrected chi connectivity index (χ2v) is 11.8. The van der Waals surface area contributed by atoms with Crippen molar-refractivity contribution >= 4 is 39.1 Å². The number of benzene rings is 3. The first-order chi connectivity index (χ1) is 19.5. The zero-order valence-electron chi connectivity index (χ0n) is 23.8. The van der Waals surface area contributed by atoms with E-state index in [1.807, 2.05) is 19.9 Å². The normalized spacial score (nSPS) is 12.6. The highest BCUT2D eigenvalue weighted by atomic mass is 35.5. The maximum absolute atomic E-state index is 14.0. The highest BCUT2D eigenvalue weighted by molar-refractivity contribution is 7.92. The summed E-state index contributed by atoms with van der Waals surface area (Å²) in [6, 6.07) is 18.3. The number of ether oxygens (including phenoxy) is 2. The Labute approximate surface area is 247 Å². The van der Waals surface area contributed by atoms with E-state index in [0.29, 0.717) is 28.5 Å². The summed E-state index contributed by atoms with van der Waals surface area (Å²) in [4.78, 5) is 28.5. The predicted octanol–water partition coefficient (Wildman–Crippen LogP) is 4.88. The molecular weight excluding hydrogens is 566 g/mol. The Morgan fingerprint density at radius 1 is 0.927 bits per heavy atom. The smallest absolute Gasteiger partial charge is 0.264 e. The molecule has 0 heterocycles. The number of nitrogens with one attached hydrogen (secondary N) is 1. The Morgan fingerprint density at radius 3 is 2.20 bits per heavy atom. The lowest BCUT2D eigenvalue weighted by Crippen LogP contribution is -2.52. The minimum atomic E-state index is -4.23. The number of rotatable bonds is 13. The van der Waals surface area contributed by atoms with Crippen LogP contribution in [0.3, 0.4) is 0 Å². The molecule has 11 heteroatoms. The van der Waals surface area contributed by atoms with Crippen molar-refractivity contribution in [3.63, 3.8) is 0 Å². The van der Waals surface area contributed by atoms with E-state index in [2.05, 4.69) is 5.32 Å². The highest BCUT2D eigenvalue weighted by Crippen LogP contribution is 2.28. The van der Waals surface area contributed by atoms with E-state index in [9.17, 15) is 18.0 Å².